The van der Waals surface area contributed by atoms with Crippen LogP contribution in [0.15, 0.2) is 29.6 Å². The first-order valence-electron chi connectivity index (χ1n) is 6.09. The standard InChI is InChI=1S/C14H13FN4S/c1-8-6-9(15)4-5-10(8)12-17-13-11(14(18-12)20-3)16-7-19(13)2/h4-7H,1-3H3. The average Bonchev–Trinajstić information content (AvgIpc) is 2.80. The molecule has 0 saturated heterocycles. The molecule has 2 aromatic heterocycles. The minimum Gasteiger partial charge on any atom is -0.318 e. The van der Waals surface area contributed by atoms with E-state index in [0.29, 0.717) is 5.82 Å². The van der Waals surface area contributed by atoms with Crippen LogP contribution in [0.25, 0.3) is 22.6 Å². The summed E-state index contributed by atoms with van der Waals surface area (Å²) in [4.78, 5) is 13.4. The van der Waals surface area contributed by atoms with E-state index in [1.54, 1.807) is 12.4 Å². The van der Waals surface area contributed by atoms with Crippen molar-refractivity contribution in [3.05, 3.63) is 35.9 Å². The number of halogens is 1. The van der Waals surface area contributed by atoms with Crippen molar-refractivity contribution in [2.45, 2.75) is 11.9 Å². The number of aryl methyl sites for hydroxylation is 2. The van der Waals surface area contributed by atoms with Gasteiger partial charge in [0.05, 0.1) is 6.33 Å². The van der Waals surface area contributed by atoms with Crippen LogP contribution in [-0.2, 0) is 7.05 Å². The molecule has 3 aromatic rings. The van der Waals surface area contributed by atoms with Gasteiger partial charge in [-0.2, -0.15) is 0 Å². The smallest absolute Gasteiger partial charge is 0.164 e. The number of thioether (sulfide) groups is 1. The van der Waals surface area contributed by atoms with Crippen molar-refractivity contribution in [3.8, 4) is 11.4 Å². The highest BCUT2D eigenvalue weighted by Gasteiger charge is 2.14. The van der Waals surface area contributed by atoms with Crippen LogP contribution < -0.4 is 0 Å². The number of rotatable bonds is 2. The maximum Gasteiger partial charge on any atom is 0.164 e. The van der Waals surface area contributed by atoms with E-state index in [9.17, 15) is 4.39 Å². The number of benzene rings is 1. The molecule has 0 aliphatic heterocycles. The van der Waals surface area contributed by atoms with Crippen molar-refractivity contribution < 1.29 is 4.39 Å². The van der Waals surface area contributed by atoms with E-state index in [1.807, 2.05) is 24.8 Å². The Morgan fingerprint density at radius 2 is 2.05 bits per heavy atom. The van der Waals surface area contributed by atoms with Gasteiger partial charge in [-0.15, -0.1) is 11.8 Å². The second kappa shape index (κ2) is 4.86. The molecule has 0 bridgehead atoms. The third kappa shape index (κ3) is 2.06. The fourth-order valence-corrected chi connectivity index (χ4v) is 2.64. The molecule has 0 fully saturated rings. The van der Waals surface area contributed by atoms with Crippen LogP contribution in [0.2, 0.25) is 0 Å². The molecular formula is C14H13FN4S. The van der Waals surface area contributed by atoms with Gasteiger partial charge < -0.3 is 4.57 Å². The summed E-state index contributed by atoms with van der Waals surface area (Å²) in [6, 6.07) is 4.63. The topological polar surface area (TPSA) is 43.6 Å². The number of hydrogen-bond donors (Lipinski definition) is 0. The minimum absolute atomic E-state index is 0.252. The molecule has 2 heterocycles. The van der Waals surface area contributed by atoms with E-state index in [4.69, 9.17) is 0 Å². The van der Waals surface area contributed by atoms with Crippen molar-refractivity contribution in [2.24, 2.45) is 7.05 Å². The molecule has 0 N–H and O–H groups in total. The number of aromatic nitrogens is 4. The summed E-state index contributed by atoms with van der Waals surface area (Å²) < 4.78 is 15.1. The van der Waals surface area contributed by atoms with E-state index < -0.39 is 0 Å². The summed E-state index contributed by atoms with van der Waals surface area (Å²) in [5.74, 6) is 0.348. The lowest BCUT2D eigenvalue weighted by Crippen LogP contribution is -1.97. The van der Waals surface area contributed by atoms with Gasteiger partial charge in [-0.25, -0.2) is 19.3 Å². The molecular weight excluding hydrogens is 275 g/mol. The first-order chi connectivity index (χ1) is 9.60. The largest absolute Gasteiger partial charge is 0.318 e. The van der Waals surface area contributed by atoms with E-state index in [0.717, 1.165) is 27.3 Å². The third-order valence-corrected chi connectivity index (χ3v) is 3.82. The lowest BCUT2D eigenvalue weighted by Gasteiger charge is -2.07. The highest BCUT2D eigenvalue weighted by atomic mass is 32.2. The lowest BCUT2D eigenvalue weighted by molar-refractivity contribution is 0.627. The number of fused-ring (bicyclic) bond motifs is 1. The van der Waals surface area contributed by atoms with Gasteiger partial charge in [0.1, 0.15) is 16.4 Å². The molecule has 0 radical (unpaired) electrons. The first kappa shape index (κ1) is 13.1. The predicted octanol–water partition coefficient (Wildman–Crippen LogP) is 3.20. The Morgan fingerprint density at radius 1 is 1.25 bits per heavy atom. The van der Waals surface area contributed by atoms with Crippen LogP contribution in [0.3, 0.4) is 0 Å². The molecule has 0 unspecified atom stereocenters. The molecule has 0 atom stereocenters. The average molecular weight is 288 g/mol. The summed E-state index contributed by atoms with van der Waals surface area (Å²) in [6.07, 6.45) is 3.68. The molecule has 0 aliphatic carbocycles. The second-order valence-electron chi connectivity index (χ2n) is 4.54. The fourth-order valence-electron chi connectivity index (χ4n) is 2.12. The molecule has 0 amide bonds. The van der Waals surface area contributed by atoms with Crippen molar-refractivity contribution in [2.75, 3.05) is 6.26 Å². The highest BCUT2D eigenvalue weighted by Crippen LogP contribution is 2.27. The third-order valence-electron chi connectivity index (χ3n) is 3.15. The summed E-state index contributed by atoms with van der Waals surface area (Å²) >= 11 is 1.53. The van der Waals surface area contributed by atoms with Gasteiger partial charge in [0.2, 0.25) is 0 Å². The molecule has 0 spiro atoms. The Kier molecular flexibility index (Phi) is 3.17. The van der Waals surface area contributed by atoms with E-state index >= 15 is 0 Å². The molecule has 20 heavy (non-hydrogen) atoms. The SMILES string of the molecule is CSc1nc(-c2ccc(F)cc2C)nc2c1ncn2C. The summed E-state index contributed by atoms with van der Waals surface area (Å²) in [5, 5.41) is 0.828. The Hall–Kier alpha value is -1.95. The minimum atomic E-state index is -0.252. The first-order valence-corrected chi connectivity index (χ1v) is 7.32. The van der Waals surface area contributed by atoms with Crippen molar-refractivity contribution in [1.29, 1.82) is 0 Å². The summed E-state index contributed by atoms with van der Waals surface area (Å²) in [7, 11) is 1.90. The molecule has 1 aromatic carbocycles. The number of imidazole rings is 1. The monoisotopic (exact) mass is 288 g/mol. The van der Waals surface area contributed by atoms with Crippen LogP contribution in [0.5, 0.6) is 0 Å². The molecule has 4 nitrogen and oxygen atoms in total. The fraction of sp³-hybridized carbons (Fsp3) is 0.214. The Balaban J connectivity index is 2.28. The quantitative estimate of drug-likeness (QED) is 0.536. The second-order valence-corrected chi connectivity index (χ2v) is 5.34. The lowest BCUT2D eigenvalue weighted by atomic mass is 10.1. The number of hydrogen-bond acceptors (Lipinski definition) is 4. The predicted molar refractivity (Wildman–Crippen MR) is 78.2 cm³/mol. The molecule has 0 saturated carbocycles. The summed E-state index contributed by atoms with van der Waals surface area (Å²) in [5.41, 5.74) is 3.23. The Morgan fingerprint density at radius 3 is 2.75 bits per heavy atom. The Labute approximate surface area is 120 Å². The zero-order chi connectivity index (χ0) is 14.3. The van der Waals surface area contributed by atoms with Gasteiger partial charge in [0.25, 0.3) is 0 Å². The van der Waals surface area contributed by atoms with Crippen molar-refractivity contribution >= 4 is 22.9 Å². The molecule has 6 heteroatoms. The van der Waals surface area contributed by atoms with E-state index in [-0.39, 0.29) is 5.82 Å². The van der Waals surface area contributed by atoms with Gasteiger partial charge in [-0.3, -0.25) is 0 Å². The van der Waals surface area contributed by atoms with Gasteiger partial charge in [0, 0.05) is 12.6 Å². The van der Waals surface area contributed by atoms with Crippen LogP contribution >= 0.6 is 11.8 Å². The normalized spacial score (nSPS) is 11.2. The van der Waals surface area contributed by atoms with Gasteiger partial charge >= 0.3 is 0 Å². The summed E-state index contributed by atoms with van der Waals surface area (Å²) in [6.45, 7) is 1.86. The zero-order valence-electron chi connectivity index (χ0n) is 11.4. The van der Waals surface area contributed by atoms with Crippen LogP contribution in [-0.4, -0.2) is 25.8 Å². The van der Waals surface area contributed by atoms with Crippen molar-refractivity contribution in [3.63, 3.8) is 0 Å². The molecule has 3 rings (SSSR count). The van der Waals surface area contributed by atoms with Crippen LogP contribution in [0.1, 0.15) is 5.56 Å². The van der Waals surface area contributed by atoms with Gasteiger partial charge in [-0.1, -0.05) is 0 Å². The van der Waals surface area contributed by atoms with Crippen LogP contribution in [0.4, 0.5) is 4.39 Å². The zero-order valence-corrected chi connectivity index (χ0v) is 12.2. The van der Waals surface area contributed by atoms with Crippen molar-refractivity contribution in [1.82, 2.24) is 19.5 Å². The van der Waals surface area contributed by atoms with Gasteiger partial charge in [0.15, 0.2) is 11.5 Å². The van der Waals surface area contributed by atoms with E-state index in [1.165, 1.54) is 23.9 Å². The highest BCUT2D eigenvalue weighted by molar-refractivity contribution is 7.98. The van der Waals surface area contributed by atoms with Crippen LogP contribution in [0, 0.1) is 12.7 Å². The number of nitrogens with zero attached hydrogens (tertiary/aromatic N) is 4. The maximum atomic E-state index is 13.2. The molecule has 0 aliphatic rings. The Bertz CT molecular complexity index is 797. The molecule has 102 valence electrons. The van der Waals surface area contributed by atoms with E-state index in [2.05, 4.69) is 15.0 Å². The maximum absolute atomic E-state index is 13.2. The van der Waals surface area contributed by atoms with Gasteiger partial charge in [-0.05, 0) is 36.9 Å².